The molecule has 2 aromatic carbocycles. The first-order valence-corrected chi connectivity index (χ1v) is 24.1. The van der Waals surface area contributed by atoms with E-state index >= 15 is 0 Å². The van der Waals surface area contributed by atoms with Gasteiger partial charge >= 0.3 is 12.2 Å². The Balaban J connectivity index is 1.06. The highest BCUT2D eigenvalue weighted by atomic mass is 32.1. The molecule has 4 aromatic heterocycles. The lowest BCUT2D eigenvalue weighted by Crippen LogP contribution is -2.42. The molecule has 4 atom stereocenters. The molecule has 2 saturated heterocycles. The van der Waals surface area contributed by atoms with Gasteiger partial charge in [0.2, 0.25) is 0 Å². The van der Waals surface area contributed by atoms with Gasteiger partial charge in [0.05, 0.1) is 63.3 Å². The van der Waals surface area contributed by atoms with Crippen LogP contribution in [0.2, 0.25) is 0 Å². The number of likely N-dealkylation sites (tertiary alicyclic amines) is 2. The third-order valence-electron chi connectivity index (χ3n) is 12.0. The predicted octanol–water partition coefficient (Wildman–Crippen LogP) is 7.83. The summed E-state index contributed by atoms with van der Waals surface area (Å²) in [5.74, 6) is 1.76. The van der Waals surface area contributed by atoms with E-state index in [1.165, 1.54) is 36.9 Å². The molecule has 8 rings (SSSR count). The largest absolute Gasteiger partial charge is 0.487 e. The first-order valence-electron chi connectivity index (χ1n) is 22.2. The third kappa shape index (κ3) is 10.5. The number of alkyl carbamates (subject to hydrolysis) is 2. The quantitative estimate of drug-likeness (QED) is 0.0573. The van der Waals surface area contributed by atoms with E-state index < -0.39 is 24.3 Å². The summed E-state index contributed by atoms with van der Waals surface area (Å²) in [6, 6.07) is 13.1. The summed E-state index contributed by atoms with van der Waals surface area (Å²) in [6.07, 6.45) is 5.06. The van der Waals surface area contributed by atoms with Gasteiger partial charge in [-0.15, -0.1) is 0 Å². The molecule has 0 spiro atoms. The van der Waals surface area contributed by atoms with Gasteiger partial charge in [-0.2, -0.15) is 22.7 Å². The average Bonchev–Trinajstić information content (AvgIpc) is 4.22. The number of aromatic nitrogens is 4. The van der Waals surface area contributed by atoms with E-state index in [0.29, 0.717) is 84.7 Å². The van der Waals surface area contributed by atoms with E-state index in [0.717, 1.165) is 35.2 Å². The molecule has 0 bridgehead atoms. The Hall–Kier alpha value is -6.74. The number of nitrogens with one attached hydrogen (secondary N) is 4. The number of amides is 4. The maximum absolute atomic E-state index is 14.1. The van der Waals surface area contributed by atoms with Crippen LogP contribution in [0.5, 0.6) is 11.5 Å². The fourth-order valence-electron chi connectivity index (χ4n) is 8.64. The van der Waals surface area contributed by atoms with Gasteiger partial charge < -0.3 is 58.8 Å². The zero-order chi connectivity index (χ0) is 47.6. The van der Waals surface area contributed by atoms with Gasteiger partial charge in [0.15, 0.2) is 11.5 Å². The van der Waals surface area contributed by atoms with Crippen LogP contribution in [0, 0.1) is 0 Å². The number of nitrogens with zero attached hydrogens (tertiary/aromatic N) is 4. The van der Waals surface area contributed by atoms with Crippen molar-refractivity contribution in [2.75, 3.05) is 68.0 Å². The number of carbonyl (C=O) groups excluding carboxylic acids is 4. The molecule has 6 aromatic rings. The van der Waals surface area contributed by atoms with Crippen molar-refractivity contribution >= 4 is 46.7 Å². The lowest BCUT2D eigenvalue weighted by Gasteiger charge is -2.28. The second kappa shape index (κ2) is 22.4. The van der Waals surface area contributed by atoms with E-state index in [2.05, 4.69) is 20.6 Å². The van der Waals surface area contributed by atoms with Crippen LogP contribution in [0.1, 0.15) is 72.6 Å². The average molecular weight is 967 g/mol. The molecule has 4 unspecified atom stereocenters. The van der Waals surface area contributed by atoms with Gasteiger partial charge in [-0.25, -0.2) is 19.6 Å². The van der Waals surface area contributed by atoms with Gasteiger partial charge in [-0.05, 0) is 93.7 Å². The molecule has 2 fully saturated rings. The summed E-state index contributed by atoms with van der Waals surface area (Å²) in [4.78, 5) is 72.7. The molecule has 18 nitrogen and oxygen atoms in total. The summed E-state index contributed by atoms with van der Waals surface area (Å²) in [5, 5.41) is 12.8. The molecule has 0 radical (unpaired) electrons. The summed E-state index contributed by atoms with van der Waals surface area (Å²) in [5.41, 5.74) is 6.03. The minimum absolute atomic E-state index is 0.228. The number of imidazole rings is 2. The number of benzene rings is 2. The molecule has 0 saturated carbocycles. The number of ether oxygens (including phenoxy) is 6. The fraction of sp³-hybridized carbons (Fsp3) is 0.375. The van der Waals surface area contributed by atoms with Crippen LogP contribution in [0.25, 0.3) is 33.6 Å². The highest BCUT2D eigenvalue weighted by Crippen LogP contribution is 2.46. The number of carbonyl (C=O) groups is 4. The lowest BCUT2D eigenvalue weighted by atomic mass is 9.98. The number of hydrogen-bond donors (Lipinski definition) is 4. The highest BCUT2D eigenvalue weighted by Gasteiger charge is 2.39. The molecule has 2 aliphatic heterocycles. The summed E-state index contributed by atoms with van der Waals surface area (Å²) in [7, 11) is 5.76. The van der Waals surface area contributed by atoms with Crippen molar-refractivity contribution in [3.8, 4) is 45.1 Å². The van der Waals surface area contributed by atoms with Crippen LogP contribution in [-0.4, -0.2) is 122 Å². The van der Waals surface area contributed by atoms with Crippen LogP contribution < -0.4 is 20.1 Å². The number of methoxy groups -OCH3 is 4. The summed E-state index contributed by atoms with van der Waals surface area (Å²) in [6.45, 7) is 2.16. The Morgan fingerprint density at radius 1 is 0.632 bits per heavy atom. The van der Waals surface area contributed by atoms with Gasteiger partial charge in [-0.1, -0.05) is 24.3 Å². The van der Waals surface area contributed by atoms with Crippen LogP contribution >= 0.6 is 22.7 Å². The fourth-order valence-corrected chi connectivity index (χ4v) is 10.0. The summed E-state index contributed by atoms with van der Waals surface area (Å²) < 4.78 is 33.4. The molecule has 68 heavy (non-hydrogen) atoms. The Morgan fingerprint density at radius 2 is 1.10 bits per heavy atom. The van der Waals surface area contributed by atoms with Gasteiger partial charge in [-0.3, -0.25) is 9.59 Å². The molecule has 4 N–H and O–H groups in total. The van der Waals surface area contributed by atoms with Gasteiger partial charge in [0, 0.05) is 38.4 Å². The van der Waals surface area contributed by atoms with E-state index in [1.54, 1.807) is 36.4 Å². The van der Waals surface area contributed by atoms with Gasteiger partial charge in [0.1, 0.15) is 36.9 Å². The molecule has 20 heteroatoms. The van der Waals surface area contributed by atoms with E-state index in [4.69, 9.17) is 38.4 Å². The van der Waals surface area contributed by atoms with E-state index in [-0.39, 0.29) is 37.1 Å². The minimum atomic E-state index is -0.913. The Bertz CT molecular complexity index is 2640. The molecular formula is C48H54N8O10S2. The van der Waals surface area contributed by atoms with Crippen molar-refractivity contribution in [1.82, 2.24) is 40.4 Å². The number of hydrogen-bond acceptors (Lipinski definition) is 14. The number of aromatic amines is 2. The zero-order valence-corrected chi connectivity index (χ0v) is 39.8. The Morgan fingerprint density at radius 3 is 1.59 bits per heavy atom. The van der Waals surface area contributed by atoms with Crippen molar-refractivity contribution in [3.63, 3.8) is 0 Å². The molecule has 4 amide bonds. The van der Waals surface area contributed by atoms with Crippen molar-refractivity contribution in [1.29, 1.82) is 0 Å². The van der Waals surface area contributed by atoms with Crippen molar-refractivity contribution < 1.29 is 47.6 Å². The molecule has 358 valence electrons. The second-order valence-corrected chi connectivity index (χ2v) is 17.6. The highest BCUT2D eigenvalue weighted by molar-refractivity contribution is 7.08. The van der Waals surface area contributed by atoms with E-state index in [1.807, 2.05) is 70.1 Å². The zero-order valence-electron chi connectivity index (χ0n) is 38.2. The normalized spacial score (nSPS) is 16.6. The SMILES string of the molecule is COCCOc1c(-c2ccc(-c3cnc(C4CCCN4C(=O)C(NC(=O)OC)c4ccsc4)[nH]3)cc2)ccc(-c2cnc(C3CCCN3C(=O)C(NC(=O)OC)c3ccsc3)[nH]2)c1OCCOC. The van der Waals surface area contributed by atoms with Crippen LogP contribution in [-0.2, 0) is 28.5 Å². The summed E-state index contributed by atoms with van der Waals surface area (Å²) >= 11 is 2.89. The van der Waals surface area contributed by atoms with Crippen molar-refractivity contribution in [2.45, 2.75) is 49.9 Å². The molecule has 2 aliphatic rings. The first-order chi connectivity index (χ1) is 33.2. The van der Waals surface area contributed by atoms with Crippen LogP contribution in [0.15, 0.2) is 82.4 Å². The van der Waals surface area contributed by atoms with Crippen molar-refractivity contribution in [2.24, 2.45) is 0 Å². The maximum atomic E-state index is 14.1. The smallest absolute Gasteiger partial charge is 0.407 e. The number of H-pyrrole nitrogens is 2. The predicted molar refractivity (Wildman–Crippen MR) is 254 cm³/mol. The molecule has 6 heterocycles. The monoisotopic (exact) mass is 966 g/mol. The first kappa shape index (κ1) is 47.7. The standard InChI is InChI=1S/C48H54N8O10S2/c1-61-19-21-65-41-33(29-9-11-30(12-10-29)35-25-49-43(51-35)37-7-5-17-55(37)45(57)39(53-47(59)63-3)31-15-23-67-27-31)13-14-34(42(41)66-22-20-62-2)36-26-50-44(52-36)38-8-6-18-56(38)46(58)40(54-48(60)64-4)32-16-24-68-28-32/h9-16,23-28,37-40H,5-8,17-22H2,1-4H3,(H,49,51)(H,50,52)(H,53,59)(H,54,60). The third-order valence-corrected chi connectivity index (χ3v) is 13.4. The maximum Gasteiger partial charge on any atom is 0.407 e. The minimum Gasteiger partial charge on any atom is -0.487 e. The van der Waals surface area contributed by atoms with Crippen molar-refractivity contribution in [3.05, 3.63) is 105 Å². The second-order valence-electron chi connectivity index (χ2n) is 16.1. The Labute approximate surface area is 401 Å². The van der Waals surface area contributed by atoms with Crippen LogP contribution in [0.4, 0.5) is 9.59 Å². The number of rotatable bonds is 19. The molecular weight excluding hydrogens is 913 g/mol. The molecule has 0 aliphatic carbocycles. The topological polar surface area (TPSA) is 212 Å². The Kier molecular flexibility index (Phi) is 15.7. The van der Waals surface area contributed by atoms with E-state index in [9.17, 15) is 19.2 Å². The number of thiophene rings is 2. The van der Waals surface area contributed by atoms with Gasteiger partial charge in [0.25, 0.3) is 11.8 Å². The lowest BCUT2D eigenvalue weighted by molar-refractivity contribution is -0.135. The van der Waals surface area contributed by atoms with Crippen LogP contribution in [0.3, 0.4) is 0 Å².